The summed E-state index contributed by atoms with van der Waals surface area (Å²) < 4.78 is 31.1. The summed E-state index contributed by atoms with van der Waals surface area (Å²) in [5.74, 6) is 1.60. The largest absolute Gasteiger partial charge is 0.495 e. The molecule has 1 aliphatic heterocycles. The Bertz CT molecular complexity index is 919. The van der Waals surface area contributed by atoms with Gasteiger partial charge in [-0.15, -0.1) is 10.2 Å². The molecule has 2 heterocycles. The number of ether oxygens (including phenoxy) is 1. The molecule has 0 atom stereocenters. The van der Waals surface area contributed by atoms with Gasteiger partial charge in [0.1, 0.15) is 5.75 Å². The first-order chi connectivity index (χ1) is 14.1. The average Bonchev–Trinajstić information content (AvgIpc) is 2.80. The number of hydrogen-bond donors (Lipinski definition) is 0. The van der Waals surface area contributed by atoms with E-state index in [1.165, 1.54) is 0 Å². The molecule has 0 bridgehead atoms. The van der Waals surface area contributed by atoms with E-state index in [0.717, 1.165) is 75.5 Å². The summed E-state index contributed by atoms with van der Waals surface area (Å²) in [6, 6.07) is 11.4. The molecule has 0 radical (unpaired) electrons. The van der Waals surface area contributed by atoms with Crippen LogP contribution in [-0.4, -0.2) is 57.2 Å². The highest BCUT2D eigenvalue weighted by molar-refractivity contribution is 7.92. The summed E-state index contributed by atoms with van der Waals surface area (Å²) in [7, 11) is -1.69. The molecular weight excluding hydrogens is 388 g/mol. The number of anilines is 2. The van der Waals surface area contributed by atoms with Gasteiger partial charge >= 0.3 is 0 Å². The fraction of sp³-hybridized carbons (Fsp3) is 0.524. The molecule has 156 valence electrons. The van der Waals surface area contributed by atoms with Crippen molar-refractivity contribution in [2.24, 2.45) is 0 Å². The Kier molecular flexibility index (Phi) is 5.89. The van der Waals surface area contributed by atoms with Crippen LogP contribution in [-0.2, 0) is 9.84 Å². The van der Waals surface area contributed by atoms with E-state index in [0.29, 0.717) is 0 Å². The maximum Gasteiger partial charge on any atom is 0.200 e. The Hall–Kier alpha value is -2.35. The maximum atomic E-state index is 12.8. The lowest BCUT2D eigenvalue weighted by Crippen LogP contribution is -2.47. The Labute approximate surface area is 172 Å². The van der Waals surface area contributed by atoms with Gasteiger partial charge in [0.2, 0.25) is 0 Å². The van der Waals surface area contributed by atoms with Gasteiger partial charge < -0.3 is 14.5 Å². The third-order valence-corrected chi connectivity index (χ3v) is 8.09. The minimum Gasteiger partial charge on any atom is -0.495 e. The normalized spacial score (nSPS) is 18.7. The van der Waals surface area contributed by atoms with Crippen molar-refractivity contribution in [2.75, 3.05) is 43.1 Å². The zero-order chi connectivity index (χ0) is 20.3. The molecule has 8 heteroatoms. The molecule has 4 rings (SSSR count). The van der Waals surface area contributed by atoms with Gasteiger partial charge in [-0.2, -0.15) is 0 Å². The van der Waals surface area contributed by atoms with Crippen molar-refractivity contribution in [1.29, 1.82) is 0 Å². The highest BCUT2D eigenvalue weighted by Gasteiger charge is 2.30. The van der Waals surface area contributed by atoms with Gasteiger partial charge in [0.05, 0.1) is 18.0 Å². The predicted molar refractivity (Wildman–Crippen MR) is 114 cm³/mol. The summed E-state index contributed by atoms with van der Waals surface area (Å²) in [5, 5.41) is 8.15. The second-order valence-electron chi connectivity index (χ2n) is 7.68. The molecule has 1 aliphatic carbocycles. The summed E-state index contributed by atoms with van der Waals surface area (Å²) in [5.41, 5.74) is 1.09. The Morgan fingerprint density at radius 1 is 0.897 bits per heavy atom. The molecule has 2 aromatic rings. The SMILES string of the molecule is COc1ccccc1N1CCN(c2ccc(S(=O)(=O)C3CCCCC3)nn2)CC1. The molecule has 1 saturated heterocycles. The quantitative estimate of drug-likeness (QED) is 0.742. The number of sulfone groups is 1. The van der Waals surface area contributed by atoms with E-state index in [1.54, 1.807) is 19.2 Å². The standard InChI is InChI=1S/C21H28N4O3S/c1-28-19-10-6-5-9-18(19)24-13-15-25(16-14-24)20-11-12-21(23-22-20)29(26,27)17-7-3-2-4-8-17/h5-6,9-12,17H,2-4,7-8,13-16H2,1H3. The maximum absolute atomic E-state index is 12.8. The van der Waals surface area contributed by atoms with Crippen molar-refractivity contribution in [2.45, 2.75) is 42.4 Å². The number of nitrogens with zero attached hydrogens (tertiary/aromatic N) is 4. The van der Waals surface area contributed by atoms with Crippen LogP contribution in [0.25, 0.3) is 0 Å². The van der Waals surface area contributed by atoms with Gasteiger partial charge in [0.15, 0.2) is 20.7 Å². The number of aromatic nitrogens is 2. The monoisotopic (exact) mass is 416 g/mol. The van der Waals surface area contributed by atoms with Gasteiger partial charge in [-0.05, 0) is 37.1 Å². The van der Waals surface area contributed by atoms with E-state index < -0.39 is 9.84 Å². The number of benzene rings is 1. The molecule has 29 heavy (non-hydrogen) atoms. The molecular formula is C21H28N4O3S. The number of para-hydroxylation sites is 2. The molecule has 1 aromatic heterocycles. The van der Waals surface area contributed by atoms with E-state index >= 15 is 0 Å². The van der Waals surface area contributed by atoms with Crippen molar-refractivity contribution in [3.05, 3.63) is 36.4 Å². The van der Waals surface area contributed by atoms with E-state index in [4.69, 9.17) is 4.74 Å². The molecule has 1 saturated carbocycles. The molecule has 0 unspecified atom stereocenters. The number of methoxy groups -OCH3 is 1. The Balaban J connectivity index is 1.42. The van der Waals surface area contributed by atoms with E-state index in [2.05, 4.69) is 26.1 Å². The van der Waals surface area contributed by atoms with Crippen molar-refractivity contribution in [1.82, 2.24) is 10.2 Å². The summed E-state index contributed by atoms with van der Waals surface area (Å²) in [6.07, 6.45) is 4.54. The molecule has 0 amide bonds. The van der Waals surface area contributed by atoms with Crippen LogP contribution in [0.3, 0.4) is 0 Å². The Morgan fingerprint density at radius 2 is 1.59 bits per heavy atom. The van der Waals surface area contributed by atoms with Crippen LogP contribution in [0.1, 0.15) is 32.1 Å². The third-order valence-electron chi connectivity index (χ3n) is 5.94. The van der Waals surface area contributed by atoms with Crippen LogP contribution >= 0.6 is 0 Å². The lowest BCUT2D eigenvalue weighted by Gasteiger charge is -2.37. The third kappa shape index (κ3) is 4.17. The van der Waals surface area contributed by atoms with Crippen LogP contribution in [0.15, 0.2) is 41.4 Å². The summed E-state index contributed by atoms with van der Waals surface area (Å²) >= 11 is 0. The number of hydrogen-bond acceptors (Lipinski definition) is 7. The molecule has 1 aromatic carbocycles. The highest BCUT2D eigenvalue weighted by Crippen LogP contribution is 2.30. The minimum absolute atomic E-state index is 0.112. The minimum atomic E-state index is -3.38. The van der Waals surface area contributed by atoms with Crippen LogP contribution in [0, 0.1) is 0 Å². The smallest absolute Gasteiger partial charge is 0.200 e. The molecule has 2 aliphatic rings. The van der Waals surface area contributed by atoms with Crippen LogP contribution in [0.4, 0.5) is 11.5 Å². The van der Waals surface area contributed by atoms with Crippen LogP contribution in [0.5, 0.6) is 5.75 Å². The first-order valence-electron chi connectivity index (χ1n) is 10.3. The molecule has 0 N–H and O–H groups in total. The van der Waals surface area contributed by atoms with Gasteiger partial charge in [-0.3, -0.25) is 0 Å². The molecule has 7 nitrogen and oxygen atoms in total. The fourth-order valence-electron chi connectivity index (χ4n) is 4.25. The second-order valence-corrected chi connectivity index (χ2v) is 9.86. The van der Waals surface area contributed by atoms with Crippen molar-refractivity contribution < 1.29 is 13.2 Å². The molecule has 0 spiro atoms. The number of piperazine rings is 1. The van der Waals surface area contributed by atoms with Crippen LogP contribution < -0.4 is 14.5 Å². The summed E-state index contributed by atoms with van der Waals surface area (Å²) in [4.78, 5) is 4.45. The van der Waals surface area contributed by atoms with E-state index in [-0.39, 0.29) is 10.3 Å². The second kappa shape index (κ2) is 8.57. The van der Waals surface area contributed by atoms with Gasteiger partial charge in [-0.1, -0.05) is 31.4 Å². The lowest BCUT2D eigenvalue weighted by atomic mass is 10.0. The van der Waals surface area contributed by atoms with Crippen molar-refractivity contribution >= 4 is 21.3 Å². The average molecular weight is 417 g/mol. The summed E-state index contributed by atoms with van der Waals surface area (Å²) in [6.45, 7) is 3.26. The predicted octanol–water partition coefficient (Wildman–Crippen LogP) is 2.92. The van der Waals surface area contributed by atoms with Crippen LogP contribution in [0.2, 0.25) is 0 Å². The topological polar surface area (TPSA) is 75.6 Å². The first kappa shape index (κ1) is 19.9. The zero-order valence-corrected chi connectivity index (χ0v) is 17.6. The zero-order valence-electron chi connectivity index (χ0n) is 16.8. The molecule has 2 fully saturated rings. The van der Waals surface area contributed by atoms with Crippen molar-refractivity contribution in [3.8, 4) is 5.75 Å². The van der Waals surface area contributed by atoms with Gasteiger partial charge in [0, 0.05) is 26.2 Å². The van der Waals surface area contributed by atoms with Gasteiger partial charge in [0.25, 0.3) is 0 Å². The fourth-order valence-corrected chi connectivity index (χ4v) is 5.95. The highest BCUT2D eigenvalue weighted by atomic mass is 32.2. The van der Waals surface area contributed by atoms with E-state index in [9.17, 15) is 8.42 Å². The lowest BCUT2D eigenvalue weighted by molar-refractivity contribution is 0.413. The van der Waals surface area contributed by atoms with E-state index in [1.807, 2.05) is 18.2 Å². The first-order valence-corrected chi connectivity index (χ1v) is 11.8. The van der Waals surface area contributed by atoms with Crippen molar-refractivity contribution in [3.63, 3.8) is 0 Å². The Morgan fingerprint density at radius 3 is 2.24 bits per heavy atom. The van der Waals surface area contributed by atoms with Gasteiger partial charge in [-0.25, -0.2) is 8.42 Å². The number of rotatable bonds is 5.